The standard InChI is InChI=1S/C13H9BrClN3O2S/c14-9-2-1-8(7-16)13(5-9)18-21(19,20)10-3-4-11(15)12(17)6-10/h1-6,18H,17H2. The lowest BCUT2D eigenvalue weighted by molar-refractivity contribution is 0.601. The lowest BCUT2D eigenvalue weighted by Gasteiger charge is -2.10. The second-order valence-electron chi connectivity index (χ2n) is 4.09. The summed E-state index contributed by atoms with van der Waals surface area (Å²) < 4.78 is 27.6. The smallest absolute Gasteiger partial charge is 0.262 e. The molecule has 0 atom stereocenters. The van der Waals surface area contributed by atoms with Gasteiger partial charge in [-0.1, -0.05) is 27.5 Å². The van der Waals surface area contributed by atoms with E-state index in [0.29, 0.717) is 4.47 Å². The van der Waals surface area contributed by atoms with Crippen molar-refractivity contribution in [1.29, 1.82) is 5.26 Å². The normalized spacial score (nSPS) is 10.9. The number of hydrogen-bond donors (Lipinski definition) is 2. The minimum atomic E-state index is -3.86. The van der Waals surface area contributed by atoms with E-state index in [0.717, 1.165) is 0 Å². The number of nitrogen functional groups attached to an aromatic ring is 1. The van der Waals surface area contributed by atoms with Gasteiger partial charge in [-0.05, 0) is 36.4 Å². The van der Waals surface area contributed by atoms with Crippen LogP contribution in [-0.2, 0) is 10.0 Å². The summed E-state index contributed by atoms with van der Waals surface area (Å²) in [6.45, 7) is 0. The highest BCUT2D eigenvalue weighted by atomic mass is 79.9. The Bertz CT molecular complexity index is 847. The molecule has 0 saturated carbocycles. The van der Waals surface area contributed by atoms with Crippen LogP contribution >= 0.6 is 27.5 Å². The van der Waals surface area contributed by atoms with Gasteiger partial charge in [0, 0.05) is 4.47 Å². The molecule has 0 aliphatic carbocycles. The summed E-state index contributed by atoms with van der Waals surface area (Å²) in [6, 6.07) is 10.6. The number of nitriles is 1. The van der Waals surface area contributed by atoms with E-state index in [-0.39, 0.29) is 26.9 Å². The monoisotopic (exact) mass is 385 g/mol. The molecule has 0 radical (unpaired) electrons. The first-order valence-corrected chi connectivity index (χ1v) is 8.26. The van der Waals surface area contributed by atoms with E-state index in [4.69, 9.17) is 22.6 Å². The van der Waals surface area contributed by atoms with Gasteiger partial charge >= 0.3 is 0 Å². The summed E-state index contributed by atoms with van der Waals surface area (Å²) in [5, 5.41) is 9.29. The van der Waals surface area contributed by atoms with Gasteiger partial charge in [0.1, 0.15) is 6.07 Å². The molecule has 0 aromatic heterocycles. The highest BCUT2D eigenvalue weighted by Gasteiger charge is 2.17. The predicted octanol–water partition coefficient (Wildman–Crippen LogP) is 3.36. The number of hydrogen-bond acceptors (Lipinski definition) is 4. The summed E-state index contributed by atoms with van der Waals surface area (Å²) in [5.74, 6) is 0. The highest BCUT2D eigenvalue weighted by molar-refractivity contribution is 9.10. The Hall–Kier alpha value is -1.75. The van der Waals surface area contributed by atoms with Gasteiger partial charge in [-0.2, -0.15) is 5.26 Å². The van der Waals surface area contributed by atoms with Crippen molar-refractivity contribution in [3.8, 4) is 6.07 Å². The van der Waals surface area contributed by atoms with Gasteiger partial charge in [-0.3, -0.25) is 4.72 Å². The summed E-state index contributed by atoms with van der Waals surface area (Å²) >= 11 is 9.00. The number of benzene rings is 2. The molecule has 0 heterocycles. The van der Waals surface area contributed by atoms with E-state index < -0.39 is 10.0 Å². The number of rotatable bonds is 3. The fourth-order valence-corrected chi connectivity index (χ4v) is 3.18. The van der Waals surface area contributed by atoms with Crippen molar-refractivity contribution in [1.82, 2.24) is 0 Å². The largest absolute Gasteiger partial charge is 0.397 e. The van der Waals surface area contributed by atoms with Gasteiger partial charge in [0.2, 0.25) is 0 Å². The zero-order chi connectivity index (χ0) is 15.6. The Morgan fingerprint density at radius 3 is 2.57 bits per heavy atom. The van der Waals surface area contributed by atoms with Crippen LogP contribution in [0, 0.1) is 11.3 Å². The van der Waals surface area contributed by atoms with Crippen molar-refractivity contribution in [3.05, 3.63) is 51.5 Å². The van der Waals surface area contributed by atoms with E-state index in [1.165, 1.54) is 30.3 Å². The average molecular weight is 387 g/mol. The molecule has 0 saturated heterocycles. The van der Waals surface area contributed by atoms with Gasteiger partial charge in [0.15, 0.2) is 0 Å². The molecular weight excluding hydrogens is 378 g/mol. The van der Waals surface area contributed by atoms with Gasteiger partial charge in [-0.15, -0.1) is 0 Å². The van der Waals surface area contributed by atoms with E-state index in [1.807, 2.05) is 6.07 Å². The molecule has 2 aromatic rings. The third-order valence-corrected chi connectivity index (χ3v) is 4.82. The highest BCUT2D eigenvalue weighted by Crippen LogP contribution is 2.26. The molecule has 21 heavy (non-hydrogen) atoms. The Labute approximate surface area is 135 Å². The number of nitrogens with two attached hydrogens (primary N) is 1. The lowest BCUT2D eigenvalue weighted by atomic mass is 10.2. The lowest BCUT2D eigenvalue weighted by Crippen LogP contribution is -2.14. The van der Waals surface area contributed by atoms with Crippen LogP contribution in [0.2, 0.25) is 5.02 Å². The summed E-state index contributed by atoms with van der Waals surface area (Å²) in [6.07, 6.45) is 0. The molecule has 0 bridgehead atoms. The van der Waals surface area contributed by atoms with Gasteiger partial charge in [0.25, 0.3) is 10.0 Å². The quantitative estimate of drug-likeness (QED) is 0.791. The van der Waals surface area contributed by atoms with Crippen molar-refractivity contribution in [3.63, 3.8) is 0 Å². The zero-order valence-electron chi connectivity index (χ0n) is 10.5. The fraction of sp³-hybridized carbons (Fsp3) is 0. The maximum Gasteiger partial charge on any atom is 0.262 e. The number of anilines is 2. The second kappa shape index (κ2) is 5.93. The Morgan fingerprint density at radius 1 is 1.24 bits per heavy atom. The van der Waals surface area contributed by atoms with Crippen LogP contribution in [0.5, 0.6) is 0 Å². The van der Waals surface area contributed by atoms with E-state index in [2.05, 4.69) is 20.7 Å². The first-order valence-electron chi connectivity index (χ1n) is 5.61. The molecular formula is C13H9BrClN3O2S. The minimum absolute atomic E-state index is 0.0340. The molecule has 2 aromatic carbocycles. The molecule has 5 nitrogen and oxygen atoms in total. The van der Waals surface area contributed by atoms with Crippen molar-refractivity contribution in [2.75, 3.05) is 10.5 Å². The Balaban J connectivity index is 2.45. The minimum Gasteiger partial charge on any atom is -0.397 e. The van der Waals surface area contributed by atoms with Crippen LogP contribution in [-0.4, -0.2) is 8.42 Å². The summed E-state index contributed by atoms with van der Waals surface area (Å²) in [5.41, 5.74) is 6.16. The van der Waals surface area contributed by atoms with Crippen molar-refractivity contribution >= 4 is 48.9 Å². The maximum absolute atomic E-state index is 12.3. The molecule has 0 unspecified atom stereocenters. The summed E-state index contributed by atoms with van der Waals surface area (Å²) in [4.78, 5) is -0.0340. The average Bonchev–Trinajstić information content (AvgIpc) is 2.41. The van der Waals surface area contributed by atoms with Gasteiger partial charge in [0.05, 0.1) is 26.9 Å². The van der Waals surface area contributed by atoms with Gasteiger partial charge in [-0.25, -0.2) is 8.42 Å². The first-order chi connectivity index (χ1) is 9.83. The molecule has 0 spiro atoms. The van der Waals surface area contributed by atoms with Crippen molar-refractivity contribution in [2.24, 2.45) is 0 Å². The molecule has 0 aliphatic rings. The van der Waals surface area contributed by atoms with Gasteiger partial charge < -0.3 is 5.73 Å². The fourth-order valence-electron chi connectivity index (χ4n) is 1.59. The predicted molar refractivity (Wildman–Crippen MR) is 85.5 cm³/mol. The van der Waals surface area contributed by atoms with Crippen LogP contribution in [0.15, 0.2) is 45.8 Å². The molecule has 8 heteroatoms. The number of nitrogens with one attached hydrogen (secondary N) is 1. The number of sulfonamides is 1. The van der Waals surface area contributed by atoms with Crippen LogP contribution in [0.3, 0.4) is 0 Å². The second-order valence-corrected chi connectivity index (χ2v) is 7.10. The van der Waals surface area contributed by atoms with Crippen LogP contribution in [0.25, 0.3) is 0 Å². The molecule has 108 valence electrons. The van der Waals surface area contributed by atoms with Crippen molar-refractivity contribution < 1.29 is 8.42 Å². The topological polar surface area (TPSA) is 96.0 Å². The molecule has 0 fully saturated rings. The zero-order valence-corrected chi connectivity index (χ0v) is 13.6. The van der Waals surface area contributed by atoms with Crippen LogP contribution in [0.4, 0.5) is 11.4 Å². The Kier molecular flexibility index (Phi) is 4.42. The molecule has 0 amide bonds. The molecule has 3 N–H and O–H groups in total. The van der Waals surface area contributed by atoms with Crippen LogP contribution in [0.1, 0.15) is 5.56 Å². The third kappa shape index (κ3) is 3.47. The summed E-state index contributed by atoms with van der Waals surface area (Å²) in [7, 11) is -3.86. The first kappa shape index (κ1) is 15.6. The Morgan fingerprint density at radius 2 is 1.95 bits per heavy atom. The van der Waals surface area contributed by atoms with E-state index >= 15 is 0 Å². The van der Waals surface area contributed by atoms with E-state index in [1.54, 1.807) is 6.07 Å². The third-order valence-electron chi connectivity index (χ3n) is 2.62. The number of nitrogens with zero attached hydrogens (tertiary/aromatic N) is 1. The molecule has 0 aliphatic heterocycles. The number of halogens is 2. The van der Waals surface area contributed by atoms with E-state index in [9.17, 15) is 8.42 Å². The SMILES string of the molecule is N#Cc1ccc(Br)cc1NS(=O)(=O)c1ccc(Cl)c(N)c1. The van der Waals surface area contributed by atoms with Crippen molar-refractivity contribution in [2.45, 2.75) is 4.90 Å². The molecule has 2 rings (SSSR count). The maximum atomic E-state index is 12.3. The van der Waals surface area contributed by atoms with Crippen LogP contribution < -0.4 is 10.5 Å².